The van der Waals surface area contributed by atoms with E-state index in [0.29, 0.717) is 0 Å². The number of aryl methyl sites for hydroxylation is 1. The van der Waals surface area contributed by atoms with E-state index in [2.05, 4.69) is 41.8 Å². The number of aromatic nitrogens is 1. The summed E-state index contributed by atoms with van der Waals surface area (Å²) >= 11 is 0. The van der Waals surface area contributed by atoms with Crippen molar-refractivity contribution in [2.75, 3.05) is 0 Å². The third-order valence-electron chi connectivity index (χ3n) is 4.71. The lowest BCUT2D eigenvalue weighted by atomic mass is 10.0. The molecule has 0 atom stereocenters. The monoisotopic (exact) mass is 334 g/mol. The van der Waals surface area contributed by atoms with Gasteiger partial charge in [-0.3, -0.25) is 4.79 Å². The van der Waals surface area contributed by atoms with Crippen molar-refractivity contribution in [1.29, 1.82) is 0 Å². The van der Waals surface area contributed by atoms with Crippen LogP contribution in [0.25, 0.3) is 22.2 Å². The molecular weight excluding hydrogens is 308 g/mol. The SMILES string of the molecule is CCCCCCn1c(-c2ccccc2)c(CC(N)=O)c2ccccc21. The highest BCUT2D eigenvalue weighted by atomic mass is 16.1. The fraction of sp³-hybridized carbons (Fsp3) is 0.318. The van der Waals surface area contributed by atoms with Crippen LogP contribution >= 0.6 is 0 Å². The fourth-order valence-electron chi connectivity index (χ4n) is 3.58. The number of fused-ring (bicyclic) bond motifs is 1. The average Bonchev–Trinajstić information content (AvgIpc) is 2.93. The third-order valence-corrected chi connectivity index (χ3v) is 4.71. The van der Waals surface area contributed by atoms with Crippen LogP contribution in [0.4, 0.5) is 0 Å². The lowest BCUT2D eigenvalue weighted by Gasteiger charge is -2.12. The maximum atomic E-state index is 11.7. The molecule has 0 radical (unpaired) electrons. The normalized spacial score (nSPS) is 11.1. The molecule has 2 aromatic carbocycles. The van der Waals surface area contributed by atoms with Crippen LogP contribution in [-0.4, -0.2) is 10.5 Å². The van der Waals surface area contributed by atoms with Crippen molar-refractivity contribution in [3.05, 3.63) is 60.2 Å². The summed E-state index contributed by atoms with van der Waals surface area (Å²) in [5, 5.41) is 1.13. The molecule has 0 saturated heterocycles. The molecule has 1 aromatic heterocycles. The highest BCUT2D eigenvalue weighted by Gasteiger charge is 2.19. The van der Waals surface area contributed by atoms with Crippen LogP contribution in [0, 0.1) is 0 Å². The molecule has 0 unspecified atom stereocenters. The van der Waals surface area contributed by atoms with Gasteiger partial charge in [0.25, 0.3) is 0 Å². The van der Waals surface area contributed by atoms with Gasteiger partial charge in [0, 0.05) is 17.4 Å². The average molecular weight is 334 g/mol. The van der Waals surface area contributed by atoms with Gasteiger partial charge in [0.2, 0.25) is 5.91 Å². The maximum absolute atomic E-state index is 11.7. The first kappa shape index (κ1) is 17.3. The molecule has 3 aromatic rings. The van der Waals surface area contributed by atoms with Crippen LogP contribution in [-0.2, 0) is 17.8 Å². The van der Waals surface area contributed by atoms with Crippen molar-refractivity contribution < 1.29 is 4.79 Å². The highest BCUT2D eigenvalue weighted by Crippen LogP contribution is 2.34. The molecule has 2 N–H and O–H groups in total. The van der Waals surface area contributed by atoms with E-state index in [1.165, 1.54) is 24.8 Å². The topological polar surface area (TPSA) is 48.0 Å². The van der Waals surface area contributed by atoms with Gasteiger partial charge in [0.15, 0.2) is 0 Å². The maximum Gasteiger partial charge on any atom is 0.221 e. The zero-order valence-corrected chi connectivity index (χ0v) is 14.9. The summed E-state index contributed by atoms with van der Waals surface area (Å²) in [5.74, 6) is -0.286. The van der Waals surface area contributed by atoms with Crippen LogP contribution in [0.5, 0.6) is 0 Å². The summed E-state index contributed by atoms with van der Waals surface area (Å²) in [5.41, 5.74) is 10.1. The number of carbonyl (C=O) groups excluding carboxylic acids is 1. The molecule has 0 aliphatic rings. The largest absolute Gasteiger partial charge is 0.369 e. The molecule has 0 bridgehead atoms. The number of amides is 1. The molecule has 25 heavy (non-hydrogen) atoms. The number of hydrogen-bond donors (Lipinski definition) is 1. The Kier molecular flexibility index (Phi) is 5.54. The quantitative estimate of drug-likeness (QED) is 0.584. The van der Waals surface area contributed by atoms with Crippen LogP contribution in [0.15, 0.2) is 54.6 Å². The van der Waals surface area contributed by atoms with Gasteiger partial charge in [-0.15, -0.1) is 0 Å². The summed E-state index contributed by atoms with van der Waals surface area (Å²) < 4.78 is 2.37. The van der Waals surface area contributed by atoms with Gasteiger partial charge in [0.05, 0.1) is 12.1 Å². The Labute approximate surface area is 149 Å². The zero-order chi connectivity index (χ0) is 17.6. The minimum atomic E-state index is -0.286. The molecule has 0 fully saturated rings. The number of nitrogens with zero attached hydrogens (tertiary/aromatic N) is 1. The second-order valence-corrected chi connectivity index (χ2v) is 6.57. The van der Waals surface area contributed by atoms with E-state index in [4.69, 9.17) is 5.73 Å². The van der Waals surface area contributed by atoms with Crippen molar-refractivity contribution in [2.24, 2.45) is 5.73 Å². The second-order valence-electron chi connectivity index (χ2n) is 6.57. The summed E-state index contributed by atoms with van der Waals surface area (Å²) in [6, 6.07) is 18.7. The Bertz CT molecular complexity index is 849. The predicted molar refractivity (Wildman–Crippen MR) is 104 cm³/mol. The molecule has 1 amide bonds. The van der Waals surface area contributed by atoms with Gasteiger partial charge < -0.3 is 10.3 Å². The number of nitrogens with two attached hydrogens (primary N) is 1. The number of carbonyl (C=O) groups is 1. The van der Waals surface area contributed by atoms with E-state index < -0.39 is 0 Å². The molecular formula is C22H26N2O. The highest BCUT2D eigenvalue weighted by molar-refractivity contribution is 5.95. The first-order valence-corrected chi connectivity index (χ1v) is 9.16. The molecule has 3 heteroatoms. The summed E-state index contributed by atoms with van der Waals surface area (Å²) in [6.45, 7) is 3.19. The van der Waals surface area contributed by atoms with Gasteiger partial charge in [0.1, 0.15) is 0 Å². The molecule has 0 saturated carbocycles. The lowest BCUT2D eigenvalue weighted by Crippen LogP contribution is -2.14. The van der Waals surface area contributed by atoms with Crippen molar-refractivity contribution in [3.63, 3.8) is 0 Å². The molecule has 0 spiro atoms. The summed E-state index contributed by atoms with van der Waals surface area (Å²) in [7, 11) is 0. The Morgan fingerprint density at radius 2 is 1.68 bits per heavy atom. The minimum absolute atomic E-state index is 0.271. The summed E-state index contributed by atoms with van der Waals surface area (Å²) in [6.07, 6.45) is 5.12. The third kappa shape index (κ3) is 3.76. The first-order chi connectivity index (χ1) is 12.2. The Balaban J connectivity index is 2.15. The van der Waals surface area contributed by atoms with Crippen LogP contribution in [0.2, 0.25) is 0 Å². The number of para-hydroxylation sites is 1. The number of primary amides is 1. The van der Waals surface area contributed by atoms with E-state index in [1.54, 1.807) is 0 Å². The predicted octanol–water partition coefficient (Wildman–Crippen LogP) is 4.92. The van der Waals surface area contributed by atoms with Crippen LogP contribution in [0.1, 0.15) is 38.2 Å². The molecule has 3 nitrogen and oxygen atoms in total. The van der Waals surface area contributed by atoms with Crippen molar-refractivity contribution >= 4 is 16.8 Å². The number of unbranched alkanes of at least 4 members (excludes halogenated alkanes) is 3. The Hall–Kier alpha value is -2.55. The van der Waals surface area contributed by atoms with E-state index in [0.717, 1.165) is 35.2 Å². The summed E-state index contributed by atoms with van der Waals surface area (Å²) in [4.78, 5) is 11.7. The Morgan fingerprint density at radius 3 is 2.40 bits per heavy atom. The number of benzene rings is 2. The van der Waals surface area contributed by atoms with E-state index in [9.17, 15) is 4.79 Å². The van der Waals surface area contributed by atoms with Gasteiger partial charge in [-0.25, -0.2) is 0 Å². The van der Waals surface area contributed by atoms with Crippen LogP contribution in [0.3, 0.4) is 0 Å². The first-order valence-electron chi connectivity index (χ1n) is 9.16. The smallest absolute Gasteiger partial charge is 0.221 e. The second kappa shape index (κ2) is 8.02. The van der Waals surface area contributed by atoms with Crippen LogP contribution < -0.4 is 5.73 Å². The molecule has 130 valence electrons. The van der Waals surface area contributed by atoms with Gasteiger partial charge >= 0.3 is 0 Å². The molecule has 1 heterocycles. The number of hydrogen-bond acceptors (Lipinski definition) is 1. The molecule has 0 aliphatic carbocycles. The minimum Gasteiger partial charge on any atom is -0.369 e. The number of rotatable bonds is 8. The lowest BCUT2D eigenvalue weighted by molar-refractivity contribution is -0.117. The van der Waals surface area contributed by atoms with Crippen molar-refractivity contribution in [3.8, 4) is 11.3 Å². The van der Waals surface area contributed by atoms with E-state index in [-0.39, 0.29) is 12.3 Å². The van der Waals surface area contributed by atoms with Gasteiger partial charge in [-0.1, -0.05) is 74.7 Å². The fourth-order valence-corrected chi connectivity index (χ4v) is 3.58. The zero-order valence-electron chi connectivity index (χ0n) is 14.9. The molecule has 3 rings (SSSR count). The van der Waals surface area contributed by atoms with E-state index >= 15 is 0 Å². The van der Waals surface area contributed by atoms with Gasteiger partial charge in [-0.2, -0.15) is 0 Å². The van der Waals surface area contributed by atoms with Crippen molar-refractivity contribution in [2.45, 2.75) is 45.6 Å². The van der Waals surface area contributed by atoms with Gasteiger partial charge in [-0.05, 0) is 23.6 Å². The van der Waals surface area contributed by atoms with Crippen molar-refractivity contribution in [1.82, 2.24) is 4.57 Å². The Morgan fingerprint density at radius 1 is 0.960 bits per heavy atom. The molecule has 0 aliphatic heterocycles. The van der Waals surface area contributed by atoms with E-state index in [1.807, 2.05) is 24.3 Å². The standard InChI is InChI=1S/C22H26N2O/c1-2-3-4-10-15-24-20-14-9-8-13-18(20)19(16-21(23)25)22(24)17-11-6-5-7-12-17/h5-9,11-14H,2-4,10,15-16H2,1H3,(H2,23,25).